The average Bonchev–Trinajstić information content (AvgIpc) is 2.87. The molecule has 11 heteroatoms. The highest BCUT2D eigenvalue weighted by molar-refractivity contribution is 9.10. The number of nitrogens with zero attached hydrogens (tertiary/aromatic N) is 2. The van der Waals surface area contributed by atoms with Crippen molar-refractivity contribution in [2.75, 3.05) is 20.3 Å². The van der Waals surface area contributed by atoms with Gasteiger partial charge in [0.05, 0.1) is 23.1 Å². The molecule has 0 spiro atoms. The van der Waals surface area contributed by atoms with Crippen molar-refractivity contribution in [3.05, 3.63) is 28.2 Å². The van der Waals surface area contributed by atoms with Crippen LogP contribution in [0.4, 0.5) is 13.2 Å². The Balaban J connectivity index is 2.24. The normalized spacial score (nSPS) is 21.4. The summed E-state index contributed by atoms with van der Waals surface area (Å²) in [5.41, 5.74) is -1.06. The lowest BCUT2D eigenvalue weighted by atomic mass is 10.2. The summed E-state index contributed by atoms with van der Waals surface area (Å²) in [6, 6.07) is 1.53. The first-order valence-electron chi connectivity index (χ1n) is 7.13. The summed E-state index contributed by atoms with van der Waals surface area (Å²) in [7, 11) is -2.74. The molecule has 0 radical (unpaired) electrons. The number of hydrogen-bond acceptors (Lipinski definition) is 5. The summed E-state index contributed by atoms with van der Waals surface area (Å²) in [5, 5.41) is 9.08. The van der Waals surface area contributed by atoms with Crippen molar-refractivity contribution in [1.82, 2.24) is 9.62 Å². The summed E-state index contributed by atoms with van der Waals surface area (Å²) in [4.78, 5) is 0.888. The SMILES string of the molecule is COC[C@H]1C[C@@H](NS(=O)(=O)c2cc(C(F)(F)F)ccc2Br)CN1C#N. The molecule has 1 aliphatic rings. The molecule has 6 nitrogen and oxygen atoms in total. The van der Waals surface area contributed by atoms with E-state index in [4.69, 9.17) is 10.00 Å². The van der Waals surface area contributed by atoms with E-state index in [1.54, 1.807) is 0 Å². The Morgan fingerprint density at radius 3 is 2.72 bits per heavy atom. The second kappa shape index (κ2) is 7.49. The maximum absolute atomic E-state index is 12.8. The fraction of sp³-hybridized carbons (Fsp3) is 0.500. The third-order valence-electron chi connectivity index (χ3n) is 3.77. The van der Waals surface area contributed by atoms with Crippen LogP contribution in [0.15, 0.2) is 27.6 Å². The van der Waals surface area contributed by atoms with Gasteiger partial charge in [0.15, 0.2) is 6.19 Å². The molecule has 2 rings (SSSR count). The summed E-state index contributed by atoms with van der Waals surface area (Å²) < 4.78 is 70.9. The zero-order valence-corrected chi connectivity index (χ0v) is 15.4. The van der Waals surface area contributed by atoms with Gasteiger partial charge in [-0.1, -0.05) is 0 Å². The smallest absolute Gasteiger partial charge is 0.383 e. The maximum Gasteiger partial charge on any atom is 0.416 e. The molecule has 0 unspecified atom stereocenters. The van der Waals surface area contributed by atoms with E-state index >= 15 is 0 Å². The maximum atomic E-state index is 12.8. The van der Waals surface area contributed by atoms with Crippen molar-refractivity contribution in [3.8, 4) is 6.19 Å². The molecule has 0 bridgehead atoms. The van der Waals surface area contributed by atoms with Crippen LogP contribution in [0.1, 0.15) is 12.0 Å². The first kappa shape index (κ1) is 20.0. The van der Waals surface area contributed by atoms with E-state index in [0.717, 1.165) is 12.1 Å². The van der Waals surface area contributed by atoms with Gasteiger partial charge in [-0.2, -0.15) is 18.4 Å². The summed E-state index contributed by atoms with van der Waals surface area (Å²) in [6.45, 7) is 0.374. The Labute approximate surface area is 151 Å². The number of rotatable bonds is 5. The number of sulfonamides is 1. The first-order valence-corrected chi connectivity index (χ1v) is 9.40. The number of hydrogen-bond donors (Lipinski definition) is 1. The van der Waals surface area contributed by atoms with Crippen molar-refractivity contribution in [1.29, 1.82) is 5.26 Å². The van der Waals surface area contributed by atoms with Crippen LogP contribution in [0.2, 0.25) is 0 Å². The molecule has 1 aromatic rings. The van der Waals surface area contributed by atoms with Gasteiger partial charge in [-0.15, -0.1) is 0 Å². The summed E-state index contributed by atoms with van der Waals surface area (Å²) in [6.07, 6.45) is -2.38. The van der Waals surface area contributed by atoms with Crippen LogP contribution in [0.3, 0.4) is 0 Å². The highest BCUT2D eigenvalue weighted by Crippen LogP contribution is 2.33. The number of likely N-dealkylation sites (tertiary alicyclic amines) is 1. The van der Waals surface area contributed by atoms with Crippen LogP contribution in [-0.2, 0) is 20.9 Å². The molecule has 138 valence electrons. The number of ether oxygens (including phenoxy) is 1. The van der Waals surface area contributed by atoms with Crippen molar-refractivity contribution in [3.63, 3.8) is 0 Å². The fourth-order valence-electron chi connectivity index (χ4n) is 2.64. The molecule has 1 aliphatic heterocycles. The van der Waals surface area contributed by atoms with Crippen molar-refractivity contribution >= 4 is 26.0 Å². The number of benzene rings is 1. The average molecular weight is 442 g/mol. The third-order valence-corrected chi connectivity index (χ3v) is 6.29. The minimum Gasteiger partial charge on any atom is -0.383 e. The van der Waals surface area contributed by atoms with Crippen LogP contribution in [0.25, 0.3) is 0 Å². The Bertz CT molecular complexity index is 780. The minimum atomic E-state index is -4.65. The molecule has 0 aliphatic carbocycles. The Morgan fingerprint density at radius 1 is 1.48 bits per heavy atom. The van der Waals surface area contributed by atoms with Gasteiger partial charge in [0.25, 0.3) is 0 Å². The molecule has 1 heterocycles. The van der Waals surface area contributed by atoms with Crippen LogP contribution < -0.4 is 4.72 Å². The quantitative estimate of drug-likeness (QED) is 0.708. The molecule has 0 amide bonds. The van der Waals surface area contributed by atoms with Gasteiger partial charge in [-0.05, 0) is 40.5 Å². The van der Waals surface area contributed by atoms with Crippen molar-refractivity contribution < 1.29 is 26.3 Å². The Hall–Kier alpha value is -1.35. The molecule has 1 N–H and O–H groups in total. The van der Waals surface area contributed by atoms with E-state index in [1.165, 1.54) is 12.0 Å². The van der Waals surface area contributed by atoms with Crippen LogP contribution >= 0.6 is 15.9 Å². The highest BCUT2D eigenvalue weighted by Gasteiger charge is 2.36. The lowest BCUT2D eigenvalue weighted by molar-refractivity contribution is -0.137. The van der Waals surface area contributed by atoms with Gasteiger partial charge in [0.1, 0.15) is 0 Å². The van der Waals surface area contributed by atoms with Gasteiger partial charge in [-0.25, -0.2) is 13.1 Å². The van der Waals surface area contributed by atoms with Gasteiger partial charge < -0.3 is 9.64 Å². The molecule has 25 heavy (non-hydrogen) atoms. The predicted molar refractivity (Wildman–Crippen MR) is 85.9 cm³/mol. The van der Waals surface area contributed by atoms with Gasteiger partial charge in [0.2, 0.25) is 10.0 Å². The van der Waals surface area contributed by atoms with E-state index in [-0.39, 0.29) is 23.7 Å². The van der Waals surface area contributed by atoms with Gasteiger partial charge >= 0.3 is 6.18 Å². The molecule has 0 aromatic heterocycles. The van der Waals surface area contributed by atoms with Crippen LogP contribution in [0, 0.1) is 11.5 Å². The van der Waals surface area contributed by atoms with Crippen LogP contribution in [0.5, 0.6) is 0 Å². The molecule has 1 aromatic carbocycles. The standard InChI is InChI=1S/C14H15BrF3N3O3S/c1-24-7-11-5-10(6-21(11)8-19)20-25(22,23)13-4-9(14(16,17)18)2-3-12(13)15/h2-4,10-11,20H,5-7H2,1H3/t10-,11-/m1/s1. The molecule has 0 saturated carbocycles. The summed E-state index contributed by atoms with van der Waals surface area (Å²) in [5.74, 6) is 0. The largest absolute Gasteiger partial charge is 0.416 e. The molecular formula is C14H15BrF3N3O3S. The van der Waals surface area contributed by atoms with E-state index in [2.05, 4.69) is 20.7 Å². The Morgan fingerprint density at radius 2 is 2.16 bits per heavy atom. The lowest BCUT2D eigenvalue weighted by Crippen LogP contribution is -2.36. The van der Waals surface area contributed by atoms with Gasteiger partial charge in [0, 0.05) is 24.2 Å². The number of nitrogens with one attached hydrogen (secondary N) is 1. The molecular weight excluding hydrogens is 427 g/mol. The zero-order chi connectivity index (χ0) is 18.8. The lowest BCUT2D eigenvalue weighted by Gasteiger charge is -2.16. The number of alkyl halides is 3. The number of nitriles is 1. The van der Waals surface area contributed by atoms with Crippen LogP contribution in [-0.4, -0.2) is 45.7 Å². The number of methoxy groups -OCH3 is 1. The predicted octanol–water partition coefficient (Wildman–Crippen LogP) is 2.32. The molecule has 2 atom stereocenters. The van der Waals surface area contributed by atoms with E-state index in [1.807, 2.05) is 6.19 Å². The highest BCUT2D eigenvalue weighted by atomic mass is 79.9. The van der Waals surface area contributed by atoms with Crippen molar-refractivity contribution in [2.24, 2.45) is 0 Å². The Kier molecular flexibility index (Phi) is 5.98. The first-order chi connectivity index (χ1) is 11.6. The second-order valence-corrected chi connectivity index (χ2v) is 8.10. The minimum absolute atomic E-state index is 0.0246. The monoisotopic (exact) mass is 441 g/mol. The topological polar surface area (TPSA) is 82.4 Å². The molecule has 1 fully saturated rings. The van der Waals surface area contributed by atoms with E-state index in [9.17, 15) is 21.6 Å². The molecule has 1 saturated heterocycles. The van der Waals surface area contributed by atoms with E-state index in [0.29, 0.717) is 12.5 Å². The summed E-state index contributed by atoms with van der Waals surface area (Å²) >= 11 is 2.98. The third kappa shape index (κ3) is 4.63. The van der Waals surface area contributed by atoms with Crippen molar-refractivity contribution in [2.45, 2.75) is 29.6 Å². The fourth-order valence-corrected chi connectivity index (χ4v) is 4.87. The van der Waals surface area contributed by atoms with Gasteiger partial charge in [-0.3, -0.25) is 0 Å². The zero-order valence-electron chi connectivity index (χ0n) is 13.0. The second-order valence-electron chi connectivity index (χ2n) is 5.56. The number of halogens is 4. The van der Waals surface area contributed by atoms with E-state index < -0.39 is 32.7 Å².